The fourth-order valence-electron chi connectivity index (χ4n) is 4.46. The van der Waals surface area contributed by atoms with Crippen LogP contribution in [-0.4, -0.2) is 102 Å². The molecule has 3 rings (SSSR count). The van der Waals surface area contributed by atoms with Gasteiger partial charge in [-0.2, -0.15) is 13.2 Å². The normalized spacial score (nSPS) is 21.4. The number of carbonyl (C=O) groups excluding carboxylic acids is 2. The second-order valence-corrected chi connectivity index (χ2v) is 8.14. The summed E-state index contributed by atoms with van der Waals surface area (Å²) in [7, 11) is 0. The second-order valence-electron chi connectivity index (χ2n) is 8.14. The summed E-state index contributed by atoms with van der Waals surface area (Å²) >= 11 is 0. The molecule has 3 fully saturated rings. The summed E-state index contributed by atoms with van der Waals surface area (Å²) in [5.41, 5.74) is -0.000793. The molecule has 0 aromatic carbocycles. The molecule has 1 N–H and O–H groups in total. The third-order valence-corrected chi connectivity index (χ3v) is 6.24. The van der Waals surface area contributed by atoms with Crippen LogP contribution in [0.2, 0.25) is 0 Å². The first-order valence-electron chi connectivity index (χ1n) is 10.8. The van der Waals surface area contributed by atoms with Crippen LogP contribution >= 0.6 is 0 Å². The van der Waals surface area contributed by atoms with Gasteiger partial charge >= 0.3 is 12.1 Å². The number of ether oxygens (including phenoxy) is 1. The molecule has 11 heteroatoms. The molecule has 0 aliphatic carbocycles. The molecule has 0 aromatic heterocycles. The lowest BCUT2D eigenvalue weighted by Gasteiger charge is -2.45. The third kappa shape index (κ3) is 7.06. The van der Waals surface area contributed by atoms with Crippen molar-refractivity contribution in [1.82, 2.24) is 14.7 Å². The van der Waals surface area contributed by atoms with E-state index in [9.17, 15) is 22.8 Å². The van der Waals surface area contributed by atoms with Crippen molar-refractivity contribution in [3.63, 3.8) is 0 Å². The molecule has 0 atom stereocenters. The number of carbonyl (C=O) groups is 3. The zero-order valence-electron chi connectivity index (χ0n) is 18.0. The average molecular weight is 451 g/mol. The van der Waals surface area contributed by atoms with Crippen molar-refractivity contribution < 1.29 is 37.4 Å². The van der Waals surface area contributed by atoms with Gasteiger partial charge in [-0.1, -0.05) is 0 Å². The maximum Gasteiger partial charge on any atom is 0.490 e. The zero-order valence-corrected chi connectivity index (χ0v) is 18.0. The summed E-state index contributed by atoms with van der Waals surface area (Å²) in [6.07, 6.45) is 0.950. The van der Waals surface area contributed by atoms with Gasteiger partial charge in [-0.05, 0) is 52.1 Å². The number of likely N-dealkylation sites (tertiary alicyclic amines) is 3. The van der Waals surface area contributed by atoms with Gasteiger partial charge in [0.15, 0.2) is 0 Å². The number of rotatable bonds is 6. The summed E-state index contributed by atoms with van der Waals surface area (Å²) < 4.78 is 37.0. The van der Waals surface area contributed by atoms with Crippen LogP contribution in [0.1, 0.15) is 45.4 Å². The number of hydrogen-bond donors (Lipinski definition) is 1. The molecule has 3 aliphatic heterocycles. The van der Waals surface area contributed by atoms with Gasteiger partial charge in [0.2, 0.25) is 11.8 Å². The Morgan fingerprint density at radius 3 is 2.16 bits per heavy atom. The van der Waals surface area contributed by atoms with E-state index < -0.39 is 12.1 Å². The van der Waals surface area contributed by atoms with Crippen LogP contribution in [0.3, 0.4) is 0 Å². The fraction of sp³-hybridized carbons (Fsp3) is 0.850. The number of alkyl halides is 3. The molecular weight excluding hydrogens is 419 g/mol. The van der Waals surface area contributed by atoms with Crippen molar-refractivity contribution in [3.8, 4) is 0 Å². The predicted molar refractivity (Wildman–Crippen MR) is 105 cm³/mol. The lowest BCUT2D eigenvalue weighted by Crippen LogP contribution is -2.55. The van der Waals surface area contributed by atoms with Gasteiger partial charge in [-0.25, -0.2) is 4.79 Å². The number of piperidine rings is 1. The number of halogens is 3. The Labute approximate surface area is 180 Å². The molecular formula is C20H32F3N3O5. The van der Waals surface area contributed by atoms with Crippen molar-refractivity contribution >= 4 is 17.8 Å². The van der Waals surface area contributed by atoms with E-state index in [1.54, 1.807) is 0 Å². The van der Waals surface area contributed by atoms with E-state index in [1.165, 1.54) is 25.9 Å². The number of aliphatic carboxylic acids is 1. The van der Waals surface area contributed by atoms with Crippen LogP contribution in [0.15, 0.2) is 0 Å². The largest absolute Gasteiger partial charge is 0.490 e. The monoisotopic (exact) mass is 451 g/mol. The van der Waals surface area contributed by atoms with Crippen molar-refractivity contribution in [1.29, 1.82) is 0 Å². The van der Waals surface area contributed by atoms with Gasteiger partial charge in [-0.15, -0.1) is 0 Å². The van der Waals surface area contributed by atoms with E-state index in [0.717, 1.165) is 45.4 Å². The lowest BCUT2D eigenvalue weighted by atomic mass is 9.85. The van der Waals surface area contributed by atoms with E-state index in [2.05, 4.69) is 9.80 Å². The summed E-state index contributed by atoms with van der Waals surface area (Å²) in [6.45, 7) is 8.36. The molecule has 0 bridgehead atoms. The van der Waals surface area contributed by atoms with Crippen LogP contribution in [-0.2, 0) is 19.1 Å². The number of nitrogens with zero attached hydrogens (tertiary/aromatic N) is 3. The molecule has 3 heterocycles. The first-order valence-corrected chi connectivity index (χ1v) is 10.8. The van der Waals surface area contributed by atoms with Crippen molar-refractivity contribution in [2.24, 2.45) is 0 Å². The molecule has 0 unspecified atom stereocenters. The number of carboxylic acids is 1. The van der Waals surface area contributed by atoms with Crippen LogP contribution in [0.5, 0.6) is 0 Å². The molecule has 8 nitrogen and oxygen atoms in total. The Balaban J connectivity index is 0.000000423. The third-order valence-electron chi connectivity index (χ3n) is 6.24. The minimum atomic E-state index is -5.08. The molecule has 1 spiro atoms. The smallest absolute Gasteiger partial charge is 0.475 e. The Hall–Kier alpha value is -1.88. The van der Waals surface area contributed by atoms with E-state index in [1.807, 2.05) is 11.8 Å². The van der Waals surface area contributed by atoms with Gasteiger partial charge in [-0.3, -0.25) is 9.59 Å². The quantitative estimate of drug-likeness (QED) is 0.662. The van der Waals surface area contributed by atoms with E-state index in [0.29, 0.717) is 18.9 Å². The van der Waals surface area contributed by atoms with E-state index >= 15 is 0 Å². The first kappa shape index (κ1) is 25.4. The Morgan fingerprint density at radius 1 is 1.06 bits per heavy atom. The number of amides is 2. The van der Waals surface area contributed by atoms with Gasteiger partial charge < -0.3 is 24.5 Å². The minimum Gasteiger partial charge on any atom is -0.475 e. The second kappa shape index (κ2) is 11.1. The van der Waals surface area contributed by atoms with Crippen LogP contribution < -0.4 is 0 Å². The van der Waals surface area contributed by atoms with Crippen LogP contribution in [0.4, 0.5) is 13.2 Å². The van der Waals surface area contributed by atoms with Gasteiger partial charge in [0, 0.05) is 44.7 Å². The van der Waals surface area contributed by atoms with Gasteiger partial charge in [0.05, 0.1) is 0 Å². The summed E-state index contributed by atoms with van der Waals surface area (Å²) in [5.74, 6) is -2.37. The summed E-state index contributed by atoms with van der Waals surface area (Å²) in [5, 5.41) is 7.12. The number of hydrogen-bond acceptors (Lipinski definition) is 5. The van der Waals surface area contributed by atoms with Crippen LogP contribution in [0.25, 0.3) is 0 Å². The maximum atomic E-state index is 12.4. The maximum absolute atomic E-state index is 12.4. The molecule has 0 aromatic rings. The first-order chi connectivity index (χ1) is 14.6. The highest BCUT2D eigenvalue weighted by molar-refractivity contribution is 5.80. The molecule has 3 saturated heterocycles. The predicted octanol–water partition coefficient (Wildman–Crippen LogP) is 1.74. The highest BCUT2D eigenvalue weighted by Gasteiger charge is 2.47. The average Bonchev–Trinajstić information content (AvgIpc) is 3.34. The molecule has 0 radical (unpaired) electrons. The number of carboxylic acid groups (broad SMARTS) is 1. The Bertz CT molecular complexity index is 630. The summed E-state index contributed by atoms with van der Waals surface area (Å²) in [6, 6.07) is 0. The van der Waals surface area contributed by atoms with E-state index in [-0.39, 0.29) is 18.1 Å². The molecule has 3 aliphatic rings. The molecule has 2 amide bonds. The zero-order chi connectivity index (χ0) is 23.1. The van der Waals surface area contributed by atoms with Gasteiger partial charge in [0.1, 0.15) is 6.61 Å². The standard InChI is InChI=1S/C18H31N3O3.C2HF3O2/c1-2-24-15-17(23)20-11-7-18(8-12-20)6-5-16(22)21(18)14-13-19-9-3-4-10-19;3-2(4,5)1(6)7/h2-15H2,1H3;(H,6,7). The van der Waals surface area contributed by atoms with Crippen molar-refractivity contribution in [2.45, 2.75) is 57.2 Å². The van der Waals surface area contributed by atoms with Crippen molar-refractivity contribution in [3.05, 3.63) is 0 Å². The highest BCUT2D eigenvalue weighted by Crippen LogP contribution is 2.39. The minimum absolute atomic E-state index is 0.000793. The molecule has 31 heavy (non-hydrogen) atoms. The SMILES string of the molecule is CCOCC(=O)N1CCC2(CCC(=O)N2CCN2CCCC2)CC1.O=C(O)C(F)(F)F. The fourth-order valence-corrected chi connectivity index (χ4v) is 4.46. The summed E-state index contributed by atoms with van der Waals surface area (Å²) in [4.78, 5) is 40.0. The topological polar surface area (TPSA) is 90.4 Å². The Kier molecular flexibility index (Phi) is 9.11. The highest BCUT2D eigenvalue weighted by atomic mass is 19.4. The van der Waals surface area contributed by atoms with Gasteiger partial charge in [0.25, 0.3) is 0 Å². The Morgan fingerprint density at radius 2 is 1.65 bits per heavy atom. The van der Waals surface area contributed by atoms with E-state index in [4.69, 9.17) is 14.6 Å². The van der Waals surface area contributed by atoms with Crippen molar-refractivity contribution in [2.75, 3.05) is 52.5 Å². The lowest BCUT2D eigenvalue weighted by molar-refractivity contribution is -0.192. The van der Waals surface area contributed by atoms with Crippen LogP contribution in [0, 0.1) is 0 Å². The molecule has 0 saturated carbocycles. The molecule has 178 valence electrons.